The molecule has 0 radical (unpaired) electrons. The Kier molecular flexibility index (Phi) is 11.9. The molecule has 3 atom stereocenters. The summed E-state index contributed by atoms with van der Waals surface area (Å²) in [6.45, 7) is 18.4. The number of aliphatic imine (C=N–C) groups is 1. The molecule has 0 aromatic carbocycles. The van der Waals surface area contributed by atoms with E-state index in [1.165, 1.54) is 0 Å². The van der Waals surface area contributed by atoms with Crippen LogP contribution in [0, 0.1) is 5.92 Å². The largest absolute Gasteiger partial charge is 0.463 e. The highest BCUT2D eigenvalue weighted by molar-refractivity contribution is 6.01. The summed E-state index contributed by atoms with van der Waals surface area (Å²) in [4.78, 5) is 42.2. The number of guanidine groups is 1. The summed E-state index contributed by atoms with van der Waals surface area (Å²) >= 11 is 0. The lowest BCUT2D eigenvalue weighted by molar-refractivity contribution is -0.139. The van der Waals surface area contributed by atoms with E-state index in [2.05, 4.69) is 15.6 Å². The fraction of sp³-hybridized carbons (Fsp3) is 0.769. The minimum absolute atomic E-state index is 0.0131. The quantitative estimate of drug-likeness (QED) is 0.216. The van der Waals surface area contributed by atoms with Gasteiger partial charge in [-0.05, 0) is 67.4 Å². The number of carbonyl (C=O) groups excluding carboxylic acids is 3. The van der Waals surface area contributed by atoms with Crippen LogP contribution < -0.4 is 10.6 Å². The van der Waals surface area contributed by atoms with E-state index in [9.17, 15) is 14.4 Å². The highest BCUT2D eigenvalue weighted by atomic mass is 16.6. The smallest absolute Gasteiger partial charge is 0.414 e. The molecule has 0 aromatic rings. The van der Waals surface area contributed by atoms with E-state index in [0.29, 0.717) is 5.57 Å². The molecule has 10 heteroatoms. The Morgan fingerprint density at radius 3 is 1.89 bits per heavy atom. The van der Waals surface area contributed by atoms with Crippen LogP contribution in [0.3, 0.4) is 0 Å². The normalized spacial score (nSPS) is 20.2. The van der Waals surface area contributed by atoms with E-state index in [1.807, 2.05) is 20.8 Å². The molecular weight excluding hydrogens is 466 g/mol. The number of nitrogens with one attached hydrogen (secondary N) is 2. The second-order valence-corrected chi connectivity index (χ2v) is 10.8. The Morgan fingerprint density at radius 2 is 1.47 bits per heavy atom. The fourth-order valence-corrected chi connectivity index (χ4v) is 3.52. The molecule has 0 spiro atoms. The average Bonchev–Trinajstić information content (AvgIpc) is 2.71. The van der Waals surface area contributed by atoms with E-state index in [0.717, 1.165) is 12.8 Å². The third-order valence-electron chi connectivity index (χ3n) is 5.25. The second-order valence-electron chi connectivity index (χ2n) is 10.8. The zero-order valence-electron chi connectivity index (χ0n) is 23.5. The van der Waals surface area contributed by atoms with Gasteiger partial charge in [0, 0.05) is 17.9 Å². The van der Waals surface area contributed by atoms with Crippen LogP contribution in [0.2, 0.25) is 0 Å². The Balaban J connectivity index is 3.33. The summed E-state index contributed by atoms with van der Waals surface area (Å²) in [7, 11) is 0. The number of hydrogen-bond acceptors (Lipinski definition) is 8. The van der Waals surface area contributed by atoms with Crippen molar-refractivity contribution in [3.63, 3.8) is 0 Å². The fourth-order valence-electron chi connectivity index (χ4n) is 3.52. The topological polar surface area (TPSA) is 125 Å². The molecule has 1 rings (SSSR count). The minimum Gasteiger partial charge on any atom is -0.463 e. The third-order valence-corrected chi connectivity index (χ3v) is 5.25. The first kappa shape index (κ1) is 31.4. The van der Waals surface area contributed by atoms with Crippen molar-refractivity contribution in [3.05, 3.63) is 11.6 Å². The highest BCUT2D eigenvalue weighted by Crippen LogP contribution is 2.31. The van der Waals surface area contributed by atoms with Gasteiger partial charge in [-0.2, -0.15) is 0 Å². The standard InChI is InChI=1S/C26H45N3O7/c1-11-18(12-2)34-20-15-17(21(30)33-13-3)14-19(16(20)4)27-22(28-23(31)35-25(5,6)7)29-24(32)36-26(8,9)10/h15-16,18-20H,11-14H2,1-10H3,(H2,27,28,29,31,32)/t16-,19+,20-/m1/s1. The summed E-state index contributed by atoms with van der Waals surface area (Å²) in [5.74, 6) is -0.745. The lowest BCUT2D eigenvalue weighted by atomic mass is 9.84. The van der Waals surface area contributed by atoms with Crippen LogP contribution in [0.1, 0.15) is 88.5 Å². The summed E-state index contributed by atoms with van der Waals surface area (Å²) in [6.07, 6.45) is 1.73. The van der Waals surface area contributed by atoms with Crippen molar-refractivity contribution in [1.29, 1.82) is 0 Å². The molecule has 0 saturated heterocycles. The van der Waals surface area contributed by atoms with Crippen molar-refractivity contribution < 1.29 is 33.3 Å². The predicted octanol–water partition coefficient (Wildman–Crippen LogP) is 4.86. The van der Waals surface area contributed by atoms with Gasteiger partial charge in [-0.3, -0.25) is 10.6 Å². The molecule has 0 saturated carbocycles. The number of rotatable bonds is 7. The first-order valence-corrected chi connectivity index (χ1v) is 12.7. The lowest BCUT2D eigenvalue weighted by Crippen LogP contribution is -2.48. The van der Waals surface area contributed by atoms with E-state index in [1.54, 1.807) is 54.5 Å². The molecule has 0 aliphatic heterocycles. The van der Waals surface area contributed by atoms with Crippen molar-refractivity contribution in [1.82, 2.24) is 10.6 Å². The highest BCUT2D eigenvalue weighted by Gasteiger charge is 2.35. The monoisotopic (exact) mass is 511 g/mol. The van der Waals surface area contributed by atoms with E-state index >= 15 is 0 Å². The van der Waals surface area contributed by atoms with Crippen LogP contribution >= 0.6 is 0 Å². The van der Waals surface area contributed by atoms with E-state index in [-0.39, 0.29) is 31.0 Å². The molecule has 2 N–H and O–H groups in total. The number of alkyl carbamates (subject to hydrolysis) is 2. The summed E-state index contributed by atoms with van der Waals surface area (Å²) in [5.41, 5.74) is -1.07. The SMILES string of the molecule is CCOC(=O)C1=C[C@@H](OC(CC)CC)[C@H](C)[C@@H](N=C(NC(=O)OC(C)(C)C)NC(=O)OC(C)(C)C)C1. The predicted molar refractivity (Wildman–Crippen MR) is 138 cm³/mol. The Morgan fingerprint density at radius 1 is 0.972 bits per heavy atom. The van der Waals surface area contributed by atoms with Crippen molar-refractivity contribution in [2.24, 2.45) is 10.9 Å². The van der Waals surface area contributed by atoms with Gasteiger partial charge in [0.1, 0.15) is 11.2 Å². The zero-order valence-corrected chi connectivity index (χ0v) is 23.5. The molecule has 36 heavy (non-hydrogen) atoms. The Hall–Kier alpha value is -2.62. The van der Waals surface area contributed by atoms with Crippen molar-refractivity contribution >= 4 is 24.1 Å². The molecule has 1 aliphatic carbocycles. The number of amides is 2. The number of hydrogen-bond donors (Lipinski definition) is 2. The van der Waals surface area contributed by atoms with Gasteiger partial charge in [-0.15, -0.1) is 0 Å². The van der Waals surface area contributed by atoms with Gasteiger partial charge < -0.3 is 18.9 Å². The van der Waals surface area contributed by atoms with Crippen LogP contribution in [-0.2, 0) is 23.7 Å². The molecule has 0 unspecified atom stereocenters. The number of esters is 1. The van der Waals surface area contributed by atoms with Gasteiger partial charge in [0.25, 0.3) is 0 Å². The van der Waals surface area contributed by atoms with Crippen molar-refractivity contribution in [2.75, 3.05) is 6.61 Å². The van der Waals surface area contributed by atoms with Crippen LogP contribution in [-0.4, -0.2) is 60.2 Å². The lowest BCUT2D eigenvalue weighted by Gasteiger charge is -2.34. The van der Waals surface area contributed by atoms with E-state index < -0.39 is 41.5 Å². The number of carbonyl (C=O) groups is 3. The second kappa shape index (κ2) is 13.6. The maximum absolute atomic E-state index is 12.6. The Labute approximate surface area is 215 Å². The molecule has 0 aromatic heterocycles. The Bertz CT molecular complexity index is 788. The van der Waals surface area contributed by atoms with Gasteiger partial charge >= 0.3 is 18.2 Å². The number of ether oxygens (including phenoxy) is 4. The van der Waals surface area contributed by atoms with Crippen LogP contribution in [0.4, 0.5) is 9.59 Å². The number of nitrogens with zero attached hydrogens (tertiary/aromatic N) is 1. The van der Waals surface area contributed by atoms with Gasteiger partial charge in [-0.25, -0.2) is 19.4 Å². The van der Waals surface area contributed by atoms with Crippen LogP contribution in [0.25, 0.3) is 0 Å². The molecular formula is C26H45N3O7. The van der Waals surface area contributed by atoms with Gasteiger partial charge in [0.15, 0.2) is 0 Å². The molecule has 2 amide bonds. The van der Waals surface area contributed by atoms with Gasteiger partial charge in [0.05, 0.1) is 24.9 Å². The zero-order chi connectivity index (χ0) is 27.7. The third kappa shape index (κ3) is 11.4. The first-order chi connectivity index (χ1) is 16.6. The molecule has 0 fully saturated rings. The van der Waals surface area contributed by atoms with Gasteiger partial charge in [-0.1, -0.05) is 20.8 Å². The molecule has 0 heterocycles. The minimum atomic E-state index is -0.785. The molecule has 10 nitrogen and oxygen atoms in total. The van der Waals surface area contributed by atoms with Crippen LogP contribution in [0.15, 0.2) is 16.6 Å². The summed E-state index contributed by atoms with van der Waals surface area (Å²) < 4.78 is 22.2. The molecule has 206 valence electrons. The maximum Gasteiger partial charge on any atom is 0.414 e. The van der Waals surface area contributed by atoms with Crippen molar-refractivity contribution in [2.45, 2.75) is 118 Å². The average molecular weight is 512 g/mol. The first-order valence-electron chi connectivity index (χ1n) is 12.7. The molecule has 1 aliphatic rings. The van der Waals surface area contributed by atoms with E-state index in [4.69, 9.17) is 18.9 Å². The summed E-state index contributed by atoms with van der Waals surface area (Å²) in [5, 5.41) is 5.01. The van der Waals surface area contributed by atoms with Crippen molar-refractivity contribution in [3.8, 4) is 0 Å². The van der Waals surface area contributed by atoms with Gasteiger partial charge in [0.2, 0.25) is 5.96 Å². The molecule has 0 bridgehead atoms. The maximum atomic E-state index is 12.6. The summed E-state index contributed by atoms with van der Waals surface area (Å²) in [6, 6.07) is -0.506. The van der Waals surface area contributed by atoms with Crippen LogP contribution in [0.5, 0.6) is 0 Å².